The fourth-order valence-electron chi connectivity index (χ4n) is 1.13. The number of halogens is 2. The summed E-state index contributed by atoms with van der Waals surface area (Å²) in [5.41, 5.74) is 5.51. The van der Waals surface area contributed by atoms with Crippen molar-refractivity contribution >= 4 is 39.1 Å². The Morgan fingerprint density at radius 2 is 2.25 bits per heavy atom. The highest BCUT2D eigenvalue weighted by Gasteiger charge is 2.16. The molecular formula is C9H8BrClN2O3. The van der Waals surface area contributed by atoms with Crippen molar-refractivity contribution in [2.75, 3.05) is 0 Å². The number of alkyl halides is 1. The van der Waals surface area contributed by atoms with Gasteiger partial charge in [-0.1, -0.05) is 33.6 Å². The van der Waals surface area contributed by atoms with Crippen LogP contribution in [0.5, 0.6) is 0 Å². The van der Waals surface area contributed by atoms with Crippen molar-refractivity contribution in [2.45, 2.75) is 11.2 Å². The molecule has 86 valence electrons. The van der Waals surface area contributed by atoms with Crippen LogP contribution < -0.4 is 5.73 Å². The van der Waals surface area contributed by atoms with Crippen molar-refractivity contribution < 1.29 is 9.72 Å². The van der Waals surface area contributed by atoms with E-state index in [0.717, 1.165) is 0 Å². The number of carbonyl (C=O) groups is 1. The van der Waals surface area contributed by atoms with Crippen LogP contribution in [0.1, 0.15) is 5.56 Å². The Kier molecular flexibility index (Phi) is 4.26. The van der Waals surface area contributed by atoms with Gasteiger partial charge in [0.05, 0.1) is 9.75 Å². The van der Waals surface area contributed by atoms with Crippen LogP contribution in [-0.4, -0.2) is 15.7 Å². The molecule has 16 heavy (non-hydrogen) atoms. The summed E-state index contributed by atoms with van der Waals surface area (Å²) < 4.78 is 0. The minimum absolute atomic E-state index is 0.0685. The number of nitrogens with two attached hydrogens (primary N) is 1. The van der Waals surface area contributed by atoms with Crippen LogP contribution in [0.15, 0.2) is 18.2 Å². The van der Waals surface area contributed by atoms with Gasteiger partial charge in [-0.25, -0.2) is 0 Å². The summed E-state index contributed by atoms with van der Waals surface area (Å²) in [5.74, 6) is -0.516. The first-order valence-electron chi connectivity index (χ1n) is 4.28. The molecule has 0 saturated carbocycles. The lowest BCUT2D eigenvalue weighted by atomic mass is 10.1. The molecule has 0 aliphatic carbocycles. The number of amides is 1. The molecule has 7 heteroatoms. The standard InChI is InChI=1S/C9H8BrClN2O3/c10-6(9(12)14)3-5-1-2-7(11)8(4-5)13(15)16/h1-2,4,6H,3H2,(H2,12,14). The molecule has 1 unspecified atom stereocenters. The van der Waals surface area contributed by atoms with Crippen molar-refractivity contribution in [1.29, 1.82) is 0 Å². The number of nitro groups is 1. The molecule has 1 aromatic carbocycles. The smallest absolute Gasteiger partial charge is 0.288 e. The third-order valence-electron chi connectivity index (χ3n) is 1.93. The normalized spacial score (nSPS) is 12.1. The van der Waals surface area contributed by atoms with E-state index in [1.54, 1.807) is 6.07 Å². The van der Waals surface area contributed by atoms with Crippen LogP contribution in [-0.2, 0) is 11.2 Å². The highest BCUT2D eigenvalue weighted by atomic mass is 79.9. The van der Waals surface area contributed by atoms with Crippen molar-refractivity contribution in [1.82, 2.24) is 0 Å². The maximum Gasteiger partial charge on any atom is 0.288 e. The highest BCUT2D eigenvalue weighted by molar-refractivity contribution is 9.10. The zero-order chi connectivity index (χ0) is 12.3. The van der Waals surface area contributed by atoms with Gasteiger partial charge in [0.2, 0.25) is 5.91 Å². The van der Waals surface area contributed by atoms with Crippen molar-refractivity contribution in [2.24, 2.45) is 5.73 Å². The Balaban J connectivity index is 2.95. The molecule has 0 aliphatic heterocycles. The van der Waals surface area contributed by atoms with Gasteiger partial charge in [0, 0.05) is 6.07 Å². The lowest BCUT2D eigenvalue weighted by Crippen LogP contribution is -2.24. The number of hydrogen-bond acceptors (Lipinski definition) is 3. The van der Waals surface area contributed by atoms with Gasteiger partial charge in [-0.15, -0.1) is 0 Å². The van der Waals surface area contributed by atoms with Crippen LogP contribution in [0.25, 0.3) is 0 Å². The first-order valence-corrected chi connectivity index (χ1v) is 5.57. The number of nitro benzene ring substituents is 1. The lowest BCUT2D eigenvalue weighted by Gasteiger charge is -2.05. The van der Waals surface area contributed by atoms with E-state index in [2.05, 4.69) is 15.9 Å². The number of primary amides is 1. The SMILES string of the molecule is NC(=O)C(Br)Cc1ccc(Cl)c([N+](=O)[O-])c1. The summed E-state index contributed by atoms with van der Waals surface area (Å²) in [4.78, 5) is 20.3. The Morgan fingerprint density at radius 3 is 2.75 bits per heavy atom. The monoisotopic (exact) mass is 306 g/mol. The zero-order valence-electron chi connectivity index (χ0n) is 8.02. The van der Waals surface area contributed by atoms with Gasteiger partial charge < -0.3 is 5.73 Å². The predicted octanol–water partition coefficient (Wildman–Crippen LogP) is 2.04. The van der Waals surface area contributed by atoms with Crippen LogP contribution in [0.3, 0.4) is 0 Å². The molecule has 0 bridgehead atoms. The maximum atomic E-state index is 10.8. The molecule has 2 N–H and O–H groups in total. The average Bonchev–Trinajstić information content (AvgIpc) is 2.20. The second-order valence-electron chi connectivity index (χ2n) is 3.12. The molecule has 0 heterocycles. The fraction of sp³-hybridized carbons (Fsp3) is 0.222. The van der Waals surface area contributed by atoms with E-state index < -0.39 is 15.7 Å². The number of nitrogens with zero attached hydrogens (tertiary/aromatic N) is 1. The van der Waals surface area contributed by atoms with Gasteiger partial charge in [-0.3, -0.25) is 14.9 Å². The molecule has 0 spiro atoms. The minimum atomic E-state index is -0.570. The summed E-state index contributed by atoms with van der Waals surface area (Å²) in [6.07, 6.45) is 0.285. The largest absolute Gasteiger partial charge is 0.369 e. The van der Waals surface area contributed by atoms with Crippen molar-refractivity contribution in [3.8, 4) is 0 Å². The number of benzene rings is 1. The van der Waals surface area contributed by atoms with E-state index >= 15 is 0 Å². The third-order valence-corrected chi connectivity index (χ3v) is 3.03. The summed E-state index contributed by atoms with van der Waals surface area (Å²) >= 11 is 8.73. The minimum Gasteiger partial charge on any atom is -0.369 e. The Morgan fingerprint density at radius 1 is 1.62 bits per heavy atom. The zero-order valence-corrected chi connectivity index (χ0v) is 10.4. The van der Waals surface area contributed by atoms with Gasteiger partial charge in [0.1, 0.15) is 5.02 Å². The van der Waals surface area contributed by atoms with Gasteiger partial charge in [0.15, 0.2) is 0 Å². The quantitative estimate of drug-likeness (QED) is 0.524. The van der Waals surface area contributed by atoms with Gasteiger partial charge in [-0.2, -0.15) is 0 Å². The van der Waals surface area contributed by atoms with E-state index in [4.69, 9.17) is 17.3 Å². The summed E-state index contributed by atoms with van der Waals surface area (Å²) in [5, 5.41) is 10.7. The van der Waals surface area contributed by atoms with Crippen LogP contribution >= 0.6 is 27.5 Å². The van der Waals surface area contributed by atoms with Gasteiger partial charge >= 0.3 is 0 Å². The Labute approximate surface area is 105 Å². The molecule has 0 fully saturated rings. The first kappa shape index (κ1) is 12.9. The lowest BCUT2D eigenvalue weighted by molar-refractivity contribution is -0.384. The molecule has 1 aromatic rings. The Bertz CT molecular complexity index is 439. The molecule has 1 rings (SSSR count). The predicted molar refractivity (Wildman–Crippen MR) is 63.7 cm³/mol. The summed E-state index contributed by atoms with van der Waals surface area (Å²) in [6.45, 7) is 0. The van der Waals surface area contributed by atoms with Crippen molar-refractivity contribution in [3.05, 3.63) is 38.9 Å². The molecule has 1 atom stereocenters. The molecule has 0 radical (unpaired) electrons. The van der Waals surface area contributed by atoms with Crippen LogP contribution in [0.4, 0.5) is 5.69 Å². The number of hydrogen-bond donors (Lipinski definition) is 1. The molecule has 0 aromatic heterocycles. The van der Waals surface area contributed by atoms with Crippen molar-refractivity contribution in [3.63, 3.8) is 0 Å². The van der Waals surface area contributed by atoms with Gasteiger partial charge in [0.25, 0.3) is 5.69 Å². The van der Waals surface area contributed by atoms with Crippen LogP contribution in [0, 0.1) is 10.1 Å². The molecule has 0 aliphatic rings. The molecule has 0 saturated heterocycles. The summed E-state index contributed by atoms with van der Waals surface area (Å²) in [7, 11) is 0. The topological polar surface area (TPSA) is 86.2 Å². The van der Waals surface area contributed by atoms with Crippen LogP contribution in [0.2, 0.25) is 5.02 Å². The molecule has 5 nitrogen and oxygen atoms in total. The second-order valence-corrected chi connectivity index (χ2v) is 4.63. The first-order chi connectivity index (χ1) is 7.41. The fourth-order valence-corrected chi connectivity index (χ4v) is 1.69. The van der Waals surface area contributed by atoms with Gasteiger partial charge in [-0.05, 0) is 18.1 Å². The summed E-state index contributed by atoms with van der Waals surface area (Å²) in [6, 6.07) is 4.38. The highest BCUT2D eigenvalue weighted by Crippen LogP contribution is 2.26. The number of rotatable bonds is 4. The average molecular weight is 308 g/mol. The second kappa shape index (κ2) is 5.27. The Hall–Kier alpha value is -1.14. The van der Waals surface area contributed by atoms with E-state index in [9.17, 15) is 14.9 Å². The van der Waals surface area contributed by atoms with E-state index in [-0.39, 0.29) is 17.1 Å². The van der Waals surface area contributed by atoms with E-state index in [0.29, 0.717) is 5.56 Å². The number of carbonyl (C=O) groups excluding carboxylic acids is 1. The van der Waals surface area contributed by atoms with E-state index in [1.807, 2.05) is 0 Å². The third kappa shape index (κ3) is 3.18. The van der Waals surface area contributed by atoms with E-state index in [1.165, 1.54) is 12.1 Å². The maximum absolute atomic E-state index is 10.8. The molecule has 1 amide bonds. The molecular weight excluding hydrogens is 299 g/mol.